The van der Waals surface area contributed by atoms with Crippen LogP contribution in [-0.4, -0.2) is 54.5 Å². The molecular formula is C17H30N2O3Si. The van der Waals surface area contributed by atoms with Crippen molar-refractivity contribution in [2.24, 2.45) is 0 Å². The zero-order chi connectivity index (χ0) is 17.1. The molecule has 0 atom stereocenters. The highest BCUT2D eigenvalue weighted by Crippen LogP contribution is 2.13. The summed E-state index contributed by atoms with van der Waals surface area (Å²) in [5.41, 5.74) is 2.41. The summed E-state index contributed by atoms with van der Waals surface area (Å²) in [7, 11) is 2.21. The molecule has 0 bridgehead atoms. The van der Waals surface area contributed by atoms with Crippen molar-refractivity contribution < 1.29 is 13.3 Å². The monoisotopic (exact) mass is 338 g/mol. The number of nitrogens with one attached hydrogen (secondary N) is 1. The van der Waals surface area contributed by atoms with Crippen molar-refractivity contribution in [3.63, 3.8) is 0 Å². The van der Waals surface area contributed by atoms with Gasteiger partial charge in [0.05, 0.1) is 0 Å². The molecule has 1 rings (SSSR count). The topological polar surface area (TPSA) is 43.0 Å². The fourth-order valence-electron chi connectivity index (χ4n) is 2.62. The number of nitrogens with zero attached hydrogens (tertiary/aromatic N) is 1. The molecule has 0 aliphatic heterocycles. The molecule has 0 heterocycles. The van der Waals surface area contributed by atoms with E-state index in [1.54, 1.807) is 21.3 Å². The highest BCUT2D eigenvalue weighted by atomic mass is 28.4. The molecule has 23 heavy (non-hydrogen) atoms. The summed E-state index contributed by atoms with van der Waals surface area (Å²) in [6.07, 6.45) is 2.91. The third-order valence-electron chi connectivity index (χ3n) is 3.80. The Balaban J connectivity index is 2.57. The lowest BCUT2D eigenvalue weighted by Gasteiger charge is -2.35. The van der Waals surface area contributed by atoms with Crippen LogP contribution in [0.3, 0.4) is 0 Å². The highest BCUT2D eigenvalue weighted by molar-refractivity contribution is 6.57. The van der Waals surface area contributed by atoms with E-state index >= 15 is 0 Å². The minimum atomic E-state index is -2.74. The minimum Gasteiger partial charge on any atom is -0.364 e. The van der Waals surface area contributed by atoms with E-state index in [1.165, 1.54) is 11.1 Å². The summed E-state index contributed by atoms with van der Waals surface area (Å²) in [6.45, 7) is 9.33. The van der Waals surface area contributed by atoms with Gasteiger partial charge >= 0.3 is 8.97 Å². The standard InChI is InChI=1S/C17H30N2O3Si/c1-6-13-19(23(20-3,21-4)22-5)14-12-18-15-17-11-9-8-10-16(17)7-2/h7-11,18H,2,6,12-15H2,1,3-5H3. The molecule has 1 aromatic carbocycles. The molecule has 5 nitrogen and oxygen atoms in total. The maximum Gasteiger partial charge on any atom is 0.598 e. The largest absolute Gasteiger partial charge is 0.598 e. The van der Waals surface area contributed by atoms with Crippen LogP contribution in [0.2, 0.25) is 0 Å². The van der Waals surface area contributed by atoms with E-state index in [1.807, 2.05) is 18.2 Å². The molecule has 130 valence electrons. The van der Waals surface area contributed by atoms with Gasteiger partial charge in [-0.15, -0.1) is 0 Å². The molecular weight excluding hydrogens is 308 g/mol. The second-order valence-corrected chi connectivity index (χ2v) is 8.11. The lowest BCUT2D eigenvalue weighted by atomic mass is 10.1. The zero-order valence-electron chi connectivity index (χ0n) is 14.8. The Morgan fingerprint density at radius 2 is 1.78 bits per heavy atom. The molecule has 1 N–H and O–H groups in total. The van der Waals surface area contributed by atoms with Gasteiger partial charge in [0.2, 0.25) is 0 Å². The van der Waals surface area contributed by atoms with Gasteiger partial charge in [0.15, 0.2) is 0 Å². The van der Waals surface area contributed by atoms with Gasteiger partial charge in [0.25, 0.3) is 0 Å². The van der Waals surface area contributed by atoms with Crippen molar-refractivity contribution in [3.8, 4) is 0 Å². The average Bonchev–Trinajstić information content (AvgIpc) is 2.60. The number of hydrogen-bond acceptors (Lipinski definition) is 5. The quantitative estimate of drug-likeness (QED) is 0.468. The van der Waals surface area contributed by atoms with Crippen LogP contribution in [0.1, 0.15) is 24.5 Å². The number of rotatable bonds is 12. The predicted molar refractivity (Wildman–Crippen MR) is 96.9 cm³/mol. The Hall–Kier alpha value is -1.02. The van der Waals surface area contributed by atoms with Crippen LogP contribution in [0.15, 0.2) is 30.8 Å². The second-order valence-electron chi connectivity index (χ2n) is 5.20. The maximum absolute atomic E-state index is 5.58. The van der Waals surface area contributed by atoms with Crippen molar-refractivity contribution in [2.45, 2.75) is 19.9 Å². The first kappa shape index (κ1) is 20.0. The summed E-state index contributed by atoms with van der Waals surface area (Å²) in [4.78, 5) is 0. The molecule has 0 radical (unpaired) electrons. The third-order valence-corrected chi connectivity index (χ3v) is 6.57. The summed E-state index contributed by atoms with van der Waals surface area (Å²) in [6, 6.07) is 8.27. The van der Waals surface area contributed by atoms with E-state index in [0.29, 0.717) is 0 Å². The van der Waals surface area contributed by atoms with Crippen LogP contribution < -0.4 is 5.32 Å². The first-order chi connectivity index (χ1) is 11.2. The van der Waals surface area contributed by atoms with Crippen LogP contribution in [0, 0.1) is 0 Å². The van der Waals surface area contributed by atoms with Crippen LogP contribution in [-0.2, 0) is 19.8 Å². The summed E-state index contributed by atoms with van der Waals surface area (Å²) in [5.74, 6) is 0. The normalized spacial score (nSPS) is 11.9. The van der Waals surface area contributed by atoms with Crippen LogP contribution in [0.4, 0.5) is 0 Å². The molecule has 1 aromatic rings. The van der Waals surface area contributed by atoms with E-state index in [-0.39, 0.29) is 0 Å². The zero-order valence-corrected chi connectivity index (χ0v) is 15.8. The van der Waals surface area contributed by atoms with E-state index < -0.39 is 8.97 Å². The molecule has 0 aromatic heterocycles. The Bertz CT molecular complexity index is 459. The molecule has 0 aliphatic rings. The Morgan fingerprint density at radius 3 is 2.35 bits per heavy atom. The molecule has 6 heteroatoms. The molecule has 0 aliphatic carbocycles. The van der Waals surface area contributed by atoms with Gasteiger partial charge in [0, 0.05) is 41.0 Å². The predicted octanol–water partition coefficient (Wildman–Crippen LogP) is 2.51. The Labute approximate surface area is 141 Å². The fraction of sp³-hybridized carbons (Fsp3) is 0.529. The summed E-state index contributed by atoms with van der Waals surface area (Å²) in [5, 5.41) is 3.48. The van der Waals surface area contributed by atoms with Gasteiger partial charge in [0.1, 0.15) is 0 Å². The van der Waals surface area contributed by atoms with Crippen LogP contribution in [0.25, 0.3) is 6.08 Å². The molecule has 0 unspecified atom stereocenters. The second kappa shape index (κ2) is 10.7. The summed E-state index contributed by atoms with van der Waals surface area (Å²) >= 11 is 0. The summed E-state index contributed by atoms with van der Waals surface area (Å²) < 4.78 is 18.9. The lowest BCUT2D eigenvalue weighted by molar-refractivity contribution is 0.0575. The SMILES string of the molecule is C=Cc1ccccc1CNCCN(CCC)[Si](OC)(OC)OC. The fourth-order valence-corrected chi connectivity index (χ4v) is 4.78. The van der Waals surface area contributed by atoms with Crippen molar-refractivity contribution >= 4 is 15.0 Å². The first-order valence-electron chi connectivity index (χ1n) is 7.99. The molecule has 0 fully saturated rings. The molecule has 0 saturated heterocycles. The Kier molecular flexibility index (Phi) is 9.31. The Morgan fingerprint density at radius 1 is 1.13 bits per heavy atom. The molecule has 0 saturated carbocycles. The number of hydrogen-bond donors (Lipinski definition) is 1. The van der Waals surface area contributed by atoms with Gasteiger partial charge < -0.3 is 18.6 Å². The van der Waals surface area contributed by atoms with E-state index in [2.05, 4.69) is 35.5 Å². The van der Waals surface area contributed by atoms with Crippen molar-refractivity contribution in [3.05, 3.63) is 42.0 Å². The van der Waals surface area contributed by atoms with Gasteiger partial charge in [-0.2, -0.15) is 0 Å². The van der Waals surface area contributed by atoms with Gasteiger partial charge in [-0.25, -0.2) is 0 Å². The average molecular weight is 339 g/mol. The van der Waals surface area contributed by atoms with Crippen molar-refractivity contribution in [2.75, 3.05) is 41.0 Å². The lowest BCUT2D eigenvalue weighted by Crippen LogP contribution is -2.60. The highest BCUT2D eigenvalue weighted by Gasteiger charge is 2.45. The molecule has 0 amide bonds. The van der Waals surface area contributed by atoms with Crippen LogP contribution in [0.5, 0.6) is 0 Å². The van der Waals surface area contributed by atoms with Crippen molar-refractivity contribution in [1.82, 2.24) is 9.88 Å². The van der Waals surface area contributed by atoms with Gasteiger partial charge in [-0.1, -0.05) is 43.8 Å². The van der Waals surface area contributed by atoms with Crippen LogP contribution >= 0.6 is 0 Å². The van der Waals surface area contributed by atoms with Gasteiger partial charge in [-0.3, -0.25) is 4.57 Å². The maximum atomic E-state index is 5.58. The van der Waals surface area contributed by atoms with Gasteiger partial charge in [-0.05, 0) is 24.1 Å². The van der Waals surface area contributed by atoms with Crippen molar-refractivity contribution in [1.29, 1.82) is 0 Å². The van der Waals surface area contributed by atoms with E-state index in [9.17, 15) is 0 Å². The molecule has 0 spiro atoms. The smallest absolute Gasteiger partial charge is 0.364 e. The number of benzene rings is 1. The van der Waals surface area contributed by atoms with E-state index in [0.717, 1.165) is 32.6 Å². The minimum absolute atomic E-state index is 0.809. The third kappa shape index (κ3) is 5.52. The first-order valence-corrected chi connectivity index (χ1v) is 9.66. The van der Waals surface area contributed by atoms with E-state index in [4.69, 9.17) is 13.3 Å².